The van der Waals surface area contributed by atoms with Crippen LogP contribution in [-0.4, -0.2) is 0 Å². The Morgan fingerprint density at radius 1 is 1.50 bits per heavy atom. The van der Waals surface area contributed by atoms with Crippen molar-refractivity contribution in [3.8, 4) is 6.07 Å². The van der Waals surface area contributed by atoms with Crippen LogP contribution in [0.5, 0.6) is 0 Å². The number of nitrogen functional groups attached to an aromatic ring is 1. The normalized spacial score (nSPS) is 8.80. The van der Waals surface area contributed by atoms with E-state index in [0.29, 0.717) is 11.3 Å². The lowest BCUT2D eigenvalue weighted by atomic mass is 10.2. The molecular weight excluding hydrogens is 143 g/mol. The van der Waals surface area contributed by atoms with Gasteiger partial charge in [-0.05, 0) is 17.4 Å². The van der Waals surface area contributed by atoms with E-state index in [4.69, 9.17) is 11.0 Å². The maximum absolute atomic E-state index is 8.52. The highest BCUT2D eigenvalue weighted by atomic mass is 31.0. The number of hydrogen-bond acceptors (Lipinski definition) is 2. The molecule has 50 valence electrons. The molecule has 1 atom stereocenters. The zero-order valence-corrected chi connectivity index (χ0v) is 6.49. The molecule has 1 rings (SSSR count). The van der Waals surface area contributed by atoms with E-state index in [9.17, 15) is 0 Å². The summed E-state index contributed by atoms with van der Waals surface area (Å²) in [5.74, 6) is 0. The lowest BCUT2D eigenvalue weighted by Gasteiger charge is -1.96. The lowest BCUT2D eigenvalue weighted by molar-refractivity contribution is 1.50. The van der Waals surface area contributed by atoms with Gasteiger partial charge in [0, 0.05) is 5.69 Å². The predicted octanol–water partition coefficient (Wildman–Crippen LogP) is 0.641. The molecule has 1 aromatic carbocycles. The maximum atomic E-state index is 8.52. The second-order valence-electron chi connectivity index (χ2n) is 1.96. The largest absolute Gasteiger partial charge is 0.399 e. The van der Waals surface area contributed by atoms with Crippen LogP contribution in [0.15, 0.2) is 18.2 Å². The first-order chi connectivity index (χ1) is 4.74. The first-order valence-electron chi connectivity index (χ1n) is 2.79. The molecule has 2 nitrogen and oxygen atoms in total. The smallest absolute Gasteiger partial charge is 0.0998 e. The van der Waals surface area contributed by atoms with E-state index in [-0.39, 0.29) is 0 Å². The van der Waals surface area contributed by atoms with Crippen molar-refractivity contribution in [1.82, 2.24) is 0 Å². The van der Waals surface area contributed by atoms with Crippen molar-refractivity contribution in [3.63, 3.8) is 0 Å². The second-order valence-corrected chi connectivity index (χ2v) is 2.58. The molecule has 0 saturated carbocycles. The van der Waals surface area contributed by atoms with Gasteiger partial charge in [-0.15, -0.1) is 9.24 Å². The Hall–Kier alpha value is -1.06. The molecule has 0 heterocycles. The molecule has 1 aromatic rings. The average molecular weight is 150 g/mol. The lowest BCUT2D eigenvalue weighted by Crippen LogP contribution is -1.98. The molecule has 0 amide bonds. The van der Waals surface area contributed by atoms with E-state index in [2.05, 4.69) is 9.24 Å². The minimum atomic E-state index is 0.616. The molecule has 0 saturated heterocycles. The van der Waals surface area contributed by atoms with Gasteiger partial charge in [-0.25, -0.2) is 0 Å². The van der Waals surface area contributed by atoms with Crippen molar-refractivity contribution in [2.45, 2.75) is 0 Å². The molecule has 0 fully saturated rings. The van der Waals surface area contributed by atoms with E-state index < -0.39 is 0 Å². The number of hydrogen-bond donors (Lipinski definition) is 1. The molecule has 0 spiro atoms. The summed E-state index contributed by atoms with van der Waals surface area (Å²) in [6.07, 6.45) is 0. The van der Waals surface area contributed by atoms with Crippen molar-refractivity contribution in [2.24, 2.45) is 0 Å². The summed E-state index contributed by atoms with van der Waals surface area (Å²) >= 11 is 0. The Morgan fingerprint density at radius 2 is 2.20 bits per heavy atom. The SMILES string of the molecule is N#Cc1cc(N)ccc1P. The zero-order valence-electron chi connectivity index (χ0n) is 5.33. The van der Waals surface area contributed by atoms with E-state index in [1.165, 1.54) is 0 Å². The molecule has 10 heavy (non-hydrogen) atoms. The van der Waals surface area contributed by atoms with Crippen molar-refractivity contribution in [3.05, 3.63) is 23.8 Å². The quantitative estimate of drug-likeness (QED) is 0.435. The summed E-state index contributed by atoms with van der Waals surface area (Å²) in [6.45, 7) is 0. The van der Waals surface area contributed by atoms with Gasteiger partial charge in [0.05, 0.1) is 11.6 Å². The van der Waals surface area contributed by atoms with Crippen molar-refractivity contribution >= 4 is 20.2 Å². The van der Waals surface area contributed by atoms with Gasteiger partial charge < -0.3 is 5.73 Å². The van der Waals surface area contributed by atoms with Gasteiger partial charge in [-0.1, -0.05) is 6.07 Å². The molecule has 0 aliphatic carbocycles. The summed E-state index contributed by atoms with van der Waals surface area (Å²) in [5.41, 5.74) is 6.69. The van der Waals surface area contributed by atoms with Gasteiger partial charge in [0.25, 0.3) is 0 Å². The third kappa shape index (κ3) is 1.26. The maximum Gasteiger partial charge on any atom is 0.0998 e. The summed E-state index contributed by atoms with van der Waals surface area (Å²) in [7, 11) is 2.48. The van der Waals surface area contributed by atoms with Gasteiger partial charge >= 0.3 is 0 Å². The molecule has 1 unspecified atom stereocenters. The third-order valence-corrected chi connectivity index (χ3v) is 1.70. The van der Waals surface area contributed by atoms with Crippen molar-refractivity contribution in [1.29, 1.82) is 5.26 Å². The summed E-state index contributed by atoms with van der Waals surface area (Å²) < 4.78 is 0. The predicted molar refractivity (Wildman–Crippen MR) is 44.9 cm³/mol. The Balaban J connectivity index is 3.25. The minimum Gasteiger partial charge on any atom is -0.399 e. The van der Waals surface area contributed by atoms with Crippen LogP contribution in [0.3, 0.4) is 0 Å². The topological polar surface area (TPSA) is 49.8 Å². The molecule has 3 heteroatoms. The summed E-state index contributed by atoms with van der Waals surface area (Å²) in [4.78, 5) is 0. The highest BCUT2D eigenvalue weighted by Gasteiger charge is 1.94. The monoisotopic (exact) mass is 150 g/mol. The van der Waals surface area contributed by atoms with E-state index >= 15 is 0 Å². The molecule has 0 bridgehead atoms. The molecular formula is C7H7N2P. The van der Waals surface area contributed by atoms with Crippen LogP contribution < -0.4 is 11.0 Å². The van der Waals surface area contributed by atoms with Gasteiger partial charge in [-0.2, -0.15) is 5.26 Å². The molecule has 2 N–H and O–H groups in total. The third-order valence-electron chi connectivity index (χ3n) is 1.20. The number of rotatable bonds is 0. The number of nitriles is 1. The molecule has 0 aliphatic rings. The first-order valence-corrected chi connectivity index (χ1v) is 3.37. The Kier molecular flexibility index (Phi) is 1.89. The fraction of sp³-hybridized carbons (Fsp3) is 0. The highest BCUT2D eigenvalue weighted by Crippen LogP contribution is 2.05. The molecule has 0 radical (unpaired) electrons. The fourth-order valence-electron chi connectivity index (χ4n) is 0.671. The van der Waals surface area contributed by atoms with Crippen LogP contribution in [0.25, 0.3) is 0 Å². The fourth-order valence-corrected chi connectivity index (χ4v) is 0.915. The van der Waals surface area contributed by atoms with Gasteiger partial charge in [-0.3, -0.25) is 0 Å². The standard InChI is InChI=1S/C7H7N2P/c8-4-5-3-6(9)1-2-7(5)10/h1-3H,9-10H2. The van der Waals surface area contributed by atoms with Crippen LogP contribution in [0.4, 0.5) is 5.69 Å². The van der Waals surface area contributed by atoms with E-state index in [1.54, 1.807) is 18.2 Å². The number of nitrogens with zero attached hydrogens (tertiary/aromatic N) is 1. The van der Waals surface area contributed by atoms with Crippen LogP contribution in [0.2, 0.25) is 0 Å². The minimum absolute atomic E-state index is 0.616. The summed E-state index contributed by atoms with van der Waals surface area (Å²) in [6, 6.07) is 7.26. The van der Waals surface area contributed by atoms with Crippen molar-refractivity contribution in [2.75, 3.05) is 5.73 Å². The molecule has 0 aromatic heterocycles. The van der Waals surface area contributed by atoms with Crippen LogP contribution in [-0.2, 0) is 0 Å². The van der Waals surface area contributed by atoms with E-state index in [1.807, 2.05) is 6.07 Å². The number of nitrogens with two attached hydrogens (primary N) is 1. The highest BCUT2D eigenvalue weighted by molar-refractivity contribution is 7.27. The Labute approximate surface area is 61.9 Å². The summed E-state index contributed by atoms with van der Waals surface area (Å²) in [5, 5.41) is 9.41. The average Bonchev–Trinajstić information content (AvgIpc) is 1.94. The Bertz CT molecular complexity index is 288. The Morgan fingerprint density at radius 3 is 2.70 bits per heavy atom. The van der Waals surface area contributed by atoms with Crippen LogP contribution >= 0.6 is 9.24 Å². The van der Waals surface area contributed by atoms with Gasteiger partial charge in [0.2, 0.25) is 0 Å². The van der Waals surface area contributed by atoms with Gasteiger partial charge in [0.1, 0.15) is 0 Å². The van der Waals surface area contributed by atoms with Gasteiger partial charge in [0.15, 0.2) is 0 Å². The zero-order chi connectivity index (χ0) is 7.56. The van der Waals surface area contributed by atoms with E-state index in [0.717, 1.165) is 5.30 Å². The van der Waals surface area contributed by atoms with Crippen molar-refractivity contribution < 1.29 is 0 Å². The first kappa shape index (κ1) is 7.05. The number of anilines is 1. The second kappa shape index (κ2) is 2.68. The van der Waals surface area contributed by atoms with Crippen LogP contribution in [0.1, 0.15) is 5.56 Å². The van der Waals surface area contributed by atoms with Crippen LogP contribution in [0, 0.1) is 11.3 Å². The molecule has 0 aliphatic heterocycles. The number of benzene rings is 1.